The Kier molecular flexibility index (Phi) is 4.63. The first kappa shape index (κ1) is 17.2. The molecule has 2 heterocycles. The summed E-state index contributed by atoms with van der Waals surface area (Å²) in [5.41, 5.74) is 0.902. The van der Waals surface area contributed by atoms with E-state index in [9.17, 15) is 18.0 Å². The zero-order valence-electron chi connectivity index (χ0n) is 13.6. The van der Waals surface area contributed by atoms with Crippen LogP contribution < -0.4 is 5.32 Å². The van der Waals surface area contributed by atoms with Crippen molar-refractivity contribution >= 4 is 21.8 Å². The van der Waals surface area contributed by atoms with Gasteiger partial charge in [-0.3, -0.25) is 9.59 Å². The van der Waals surface area contributed by atoms with Crippen molar-refractivity contribution in [2.75, 3.05) is 0 Å². The molecule has 1 aromatic carbocycles. The van der Waals surface area contributed by atoms with Gasteiger partial charge in [-0.25, -0.2) is 12.7 Å². The number of nitrogens with one attached hydrogen (secondary N) is 1. The van der Waals surface area contributed by atoms with Gasteiger partial charge in [0.15, 0.2) is 0 Å². The summed E-state index contributed by atoms with van der Waals surface area (Å²) in [6.45, 7) is 1.97. The summed E-state index contributed by atoms with van der Waals surface area (Å²) < 4.78 is 31.5. The van der Waals surface area contributed by atoms with Crippen molar-refractivity contribution in [2.24, 2.45) is 0 Å². The van der Waals surface area contributed by atoms with E-state index in [0.29, 0.717) is 10.1 Å². The molecule has 1 aromatic heterocycles. The Labute approximate surface area is 145 Å². The molecule has 1 fully saturated rings. The Morgan fingerprint density at radius 1 is 1.28 bits per heavy atom. The van der Waals surface area contributed by atoms with E-state index in [-0.39, 0.29) is 24.3 Å². The number of hydrogen-bond donors (Lipinski definition) is 1. The standard InChI is InChI=1S/C17H18N2O5S/c1-12-4-6-14(7-5-12)25(22,23)19-15(8-9-16(19)20)17(21)18-11-13-3-2-10-24-13/h2-7,10,15H,8-9,11H2,1H3,(H,18,21)/t15-/m1/s1. The predicted molar refractivity (Wildman–Crippen MR) is 88.8 cm³/mol. The van der Waals surface area contributed by atoms with Gasteiger partial charge in [-0.05, 0) is 37.6 Å². The maximum Gasteiger partial charge on any atom is 0.267 e. The molecule has 1 N–H and O–H groups in total. The molecule has 1 saturated heterocycles. The summed E-state index contributed by atoms with van der Waals surface area (Å²) in [5.74, 6) is -0.540. The number of benzene rings is 1. The first-order chi connectivity index (χ1) is 11.9. The summed E-state index contributed by atoms with van der Waals surface area (Å²) in [6, 6.07) is 8.52. The van der Waals surface area contributed by atoms with Gasteiger partial charge >= 0.3 is 0 Å². The Hall–Kier alpha value is -2.61. The smallest absolute Gasteiger partial charge is 0.267 e. The molecule has 0 aliphatic carbocycles. The van der Waals surface area contributed by atoms with E-state index < -0.39 is 27.9 Å². The molecule has 1 aliphatic rings. The molecular formula is C17H18N2O5S. The molecule has 7 nitrogen and oxygen atoms in total. The average molecular weight is 362 g/mol. The number of amides is 2. The van der Waals surface area contributed by atoms with E-state index in [2.05, 4.69) is 5.32 Å². The molecule has 8 heteroatoms. The summed E-state index contributed by atoms with van der Waals surface area (Å²) >= 11 is 0. The molecule has 1 aliphatic heterocycles. The lowest BCUT2D eigenvalue weighted by molar-refractivity contribution is -0.130. The van der Waals surface area contributed by atoms with Gasteiger partial charge in [0.2, 0.25) is 11.8 Å². The lowest BCUT2D eigenvalue weighted by Gasteiger charge is -2.23. The van der Waals surface area contributed by atoms with Crippen LogP contribution in [0.1, 0.15) is 24.2 Å². The third-order valence-electron chi connectivity index (χ3n) is 4.06. The Morgan fingerprint density at radius 2 is 2.00 bits per heavy atom. The second-order valence-electron chi connectivity index (χ2n) is 5.86. The number of aryl methyl sites for hydroxylation is 1. The number of nitrogens with zero attached hydrogens (tertiary/aromatic N) is 1. The number of sulfonamides is 1. The molecule has 1 atom stereocenters. The fourth-order valence-corrected chi connectivity index (χ4v) is 4.33. The first-order valence-electron chi connectivity index (χ1n) is 7.83. The van der Waals surface area contributed by atoms with Crippen LogP contribution in [0.25, 0.3) is 0 Å². The highest BCUT2D eigenvalue weighted by atomic mass is 32.2. The summed E-state index contributed by atoms with van der Waals surface area (Å²) in [6.07, 6.45) is 1.66. The van der Waals surface area contributed by atoms with Crippen LogP contribution in [0.5, 0.6) is 0 Å². The average Bonchev–Trinajstić information content (AvgIpc) is 3.22. The fraction of sp³-hybridized carbons (Fsp3) is 0.294. The lowest BCUT2D eigenvalue weighted by Crippen LogP contribution is -2.47. The van der Waals surface area contributed by atoms with Crippen molar-refractivity contribution in [3.05, 3.63) is 54.0 Å². The molecule has 0 spiro atoms. The van der Waals surface area contributed by atoms with Gasteiger partial charge in [0, 0.05) is 6.42 Å². The van der Waals surface area contributed by atoms with Gasteiger partial charge < -0.3 is 9.73 Å². The normalized spacial score (nSPS) is 17.7. The molecule has 0 bridgehead atoms. The van der Waals surface area contributed by atoms with Crippen LogP contribution in [0.2, 0.25) is 0 Å². The number of rotatable bonds is 5. The van der Waals surface area contributed by atoms with E-state index in [4.69, 9.17) is 4.42 Å². The van der Waals surface area contributed by atoms with Crippen molar-refractivity contribution in [3.8, 4) is 0 Å². The summed E-state index contributed by atoms with van der Waals surface area (Å²) in [4.78, 5) is 24.6. The van der Waals surface area contributed by atoms with Crippen LogP contribution in [-0.2, 0) is 26.2 Å². The Balaban J connectivity index is 1.81. The monoisotopic (exact) mass is 362 g/mol. The van der Waals surface area contributed by atoms with Crippen LogP contribution in [0, 0.1) is 6.92 Å². The molecule has 0 saturated carbocycles. The van der Waals surface area contributed by atoms with Crippen LogP contribution in [0.15, 0.2) is 52.0 Å². The Bertz CT molecular complexity index is 872. The van der Waals surface area contributed by atoms with Crippen molar-refractivity contribution in [2.45, 2.75) is 37.2 Å². The highest BCUT2D eigenvalue weighted by molar-refractivity contribution is 7.89. The molecule has 132 valence electrons. The largest absolute Gasteiger partial charge is 0.467 e. The van der Waals surface area contributed by atoms with Crippen LogP contribution in [0.3, 0.4) is 0 Å². The molecule has 25 heavy (non-hydrogen) atoms. The molecule has 0 unspecified atom stereocenters. The molecule has 2 aromatic rings. The number of furan rings is 1. The molecule has 2 amide bonds. The topological polar surface area (TPSA) is 96.7 Å². The van der Waals surface area contributed by atoms with Crippen molar-refractivity contribution < 1.29 is 22.4 Å². The predicted octanol–water partition coefficient (Wildman–Crippen LogP) is 1.58. The van der Waals surface area contributed by atoms with E-state index in [1.54, 1.807) is 24.3 Å². The van der Waals surface area contributed by atoms with E-state index in [0.717, 1.165) is 5.56 Å². The summed E-state index contributed by atoms with van der Waals surface area (Å²) in [5, 5.41) is 2.62. The zero-order chi connectivity index (χ0) is 18.0. The third-order valence-corrected chi connectivity index (χ3v) is 5.90. The lowest BCUT2D eigenvalue weighted by atomic mass is 10.2. The van der Waals surface area contributed by atoms with Crippen LogP contribution in [0.4, 0.5) is 0 Å². The van der Waals surface area contributed by atoms with Crippen LogP contribution >= 0.6 is 0 Å². The van der Waals surface area contributed by atoms with E-state index in [1.165, 1.54) is 18.4 Å². The third kappa shape index (κ3) is 3.43. The van der Waals surface area contributed by atoms with Crippen LogP contribution in [-0.4, -0.2) is 30.6 Å². The fourth-order valence-electron chi connectivity index (χ4n) is 2.73. The van der Waals surface area contributed by atoms with Gasteiger partial charge in [-0.15, -0.1) is 0 Å². The zero-order valence-corrected chi connectivity index (χ0v) is 14.5. The second kappa shape index (κ2) is 6.72. The molecule has 3 rings (SSSR count). The highest BCUT2D eigenvalue weighted by Gasteiger charge is 2.44. The van der Waals surface area contributed by atoms with Gasteiger partial charge in [0.25, 0.3) is 10.0 Å². The number of carbonyl (C=O) groups is 2. The SMILES string of the molecule is Cc1ccc(S(=O)(=O)N2C(=O)CC[C@@H]2C(=O)NCc2ccco2)cc1. The van der Waals surface area contributed by atoms with Gasteiger partial charge in [0.1, 0.15) is 11.8 Å². The Morgan fingerprint density at radius 3 is 2.64 bits per heavy atom. The quantitative estimate of drug-likeness (QED) is 0.871. The van der Waals surface area contributed by atoms with E-state index >= 15 is 0 Å². The molecule has 0 radical (unpaired) electrons. The van der Waals surface area contributed by atoms with Crippen molar-refractivity contribution in [3.63, 3.8) is 0 Å². The minimum Gasteiger partial charge on any atom is -0.467 e. The number of hydrogen-bond acceptors (Lipinski definition) is 5. The maximum absolute atomic E-state index is 12.8. The minimum absolute atomic E-state index is 0.00261. The highest BCUT2D eigenvalue weighted by Crippen LogP contribution is 2.27. The second-order valence-corrected chi connectivity index (χ2v) is 7.67. The van der Waals surface area contributed by atoms with Crippen molar-refractivity contribution in [1.82, 2.24) is 9.62 Å². The summed E-state index contributed by atoms with van der Waals surface area (Å²) in [7, 11) is -4.07. The van der Waals surface area contributed by atoms with Gasteiger partial charge in [-0.1, -0.05) is 17.7 Å². The van der Waals surface area contributed by atoms with Crippen molar-refractivity contribution in [1.29, 1.82) is 0 Å². The maximum atomic E-state index is 12.8. The number of carbonyl (C=O) groups excluding carboxylic acids is 2. The molecular weight excluding hydrogens is 344 g/mol. The van der Waals surface area contributed by atoms with Gasteiger partial charge in [-0.2, -0.15) is 0 Å². The minimum atomic E-state index is -4.07. The first-order valence-corrected chi connectivity index (χ1v) is 9.27. The van der Waals surface area contributed by atoms with Gasteiger partial charge in [0.05, 0.1) is 17.7 Å². The van der Waals surface area contributed by atoms with E-state index in [1.807, 2.05) is 6.92 Å².